The fourth-order valence-corrected chi connectivity index (χ4v) is 2.56. The third kappa shape index (κ3) is 4.46. The second-order valence-electron chi connectivity index (χ2n) is 3.37. The lowest BCUT2D eigenvalue weighted by Crippen LogP contribution is -2.12. The van der Waals surface area contributed by atoms with Crippen LogP contribution in [0.1, 0.15) is 6.92 Å². The molecule has 0 amide bonds. The number of anilines is 1. The molecule has 1 aromatic carbocycles. The molecule has 0 heterocycles. The van der Waals surface area contributed by atoms with Crippen LogP contribution in [0.2, 0.25) is 0 Å². The van der Waals surface area contributed by atoms with Crippen LogP contribution in [0, 0.1) is 11.3 Å². The molecule has 2 N–H and O–H groups in total. The predicted octanol–water partition coefficient (Wildman–Crippen LogP) is 2.07. The lowest BCUT2D eigenvalue weighted by molar-refractivity contribution is 0.116. The molecule has 0 aliphatic carbocycles. The maximum Gasteiger partial charge on any atom is 0.141 e. The van der Waals surface area contributed by atoms with E-state index in [0.29, 0.717) is 16.3 Å². The first kappa shape index (κ1) is 14.2. The Hall–Kier alpha value is -0.900. The summed E-state index contributed by atoms with van der Waals surface area (Å²) in [4.78, 5) is 0.599. The fourth-order valence-electron chi connectivity index (χ4n) is 1.17. The smallest absolute Gasteiger partial charge is 0.141 e. The van der Waals surface area contributed by atoms with Gasteiger partial charge in [0.15, 0.2) is 0 Å². The van der Waals surface area contributed by atoms with E-state index in [4.69, 9.17) is 15.7 Å². The highest BCUT2D eigenvalue weighted by atomic mass is 79.9. The zero-order chi connectivity index (χ0) is 12.8. The van der Waals surface area contributed by atoms with Gasteiger partial charge in [-0.1, -0.05) is 15.9 Å². The van der Waals surface area contributed by atoms with Gasteiger partial charge < -0.3 is 10.5 Å². The van der Waals surface area contributed by atoms with Crippen LogP contribution in [-0.2, 0) is 15.5 Å². The Morgan fingerprint density at radius 2 is 2.35 bits per heavy atom. The SMILES string of the molecule is CC(C#N)OCCS(=O)c1ccc(Br)cc1N. The van der Waals surface area contributed by atoms with E-state index in [-0.39, 0.29) is 6.61 Å². The van der Waals surface area contributed by atoms with E-state index in [1.807, 2.05) is 6.07 Å². The average molecular weight is 317 g/mol. The third-order valence-corrected chi connectivity index (χ3v) is 3.93. The van der Waals surface area contributed by atoms with Crippen molar-refractivity contribution in [3.8, 4) is 6.07 Å². The minimum Gasteiger partial charge on any atom is -0.398 e. The molecule has 4 nitrogen and oxygen atoms in total. The van der Waals surface area contributed by atoms with Crippen LogP contribution in [0.3, 0.4) is 0 Å². The summed E-state index contributed by atoms with van der Waals surface area (Å²) in [5, 5.41) is 8.52. The second-order valence-corrected chi connectivity index (χ2v) is 5.83. The van der Waals surface area contributed by atoms with E-state index in [9.17, 15) is 4.21 Å². The number of nitrogen functional groups attached to an aromatic ring is 1. The van der Waals surface area contributed by atoms with E-state index in [1.165, 1.54) is 0 Å². The molecular weight excluding hydrogens is 304 g/mol. The van der Waals surface area contributed by atoms with Crippen molar-refractivity contribution < 1.29 is 8.95 Å². The maximum absolute atomic E-state index is 11.9. The lowest BCUT2D eigenvalue weighted by atomic mass is 10.3. The molecule has 0 saturated heterocycles. The predicted molar refractivity (Wildman–Crippen MR) is 70.9 cm³/mol. The highest BCUT2D eigenvalue weighted by molar-refractivity contribution is 9.10. The molecule has 0 aliphatic heterocycles. The number of halogens is 1. The van der Waals surface area contributed by atoms with Gasteiger partial charge in [-0.25, -0.2) is 0 Å². The molecule has 2 unspecified atom stereocenters. The van der Waals surface area contributed by atoms with Crippen molar-refractivity contribution in [2.75, 3.05) is 18.1 Å². The topological polar surface area (TPSA) is 76.1 Å². The summed E-state index contributed by atoms with van der Waals surface area (Å²) >= 11 is 3.29. The third-order valence-electron chi connectivity index (χ3n) is 2.04. The first-order valence-corrected chi connectivity index (χ1v) is 7.10. The molecule has 0 aromatic heterocycles. The van der Waals surface area contributed by atoms with Crippen molar-refractivity contribution in [3.05, 3.63) is 22.7 Å². The van der Waals surface area contributed by atoms with Gasteiger partial charge in [-0.05, 0) is 25.1 Å². The highest BCUT2D eigenvalue weighted by Crippen LogP contribution is 2.21. The van der Waals surface area contributed by atoms with Crippen LogP contribution in [0.4, 0.5) is 5.69 Å². The summed E-state index contributed by atoms with van der Waals surface area (Å²) in [6, 6.07) is 7.18. The molecule has 2 atom stereocenters. The van der Waals surface area contributed by atoms with E-state index in [0.717, 1.165) is 4.47 Å². The summed E-state index contributed by atoms with van der Waals surface area (Å²) in [6.45, 7) is 1.92. The van der Waals surface area contributed by atoms with E-state index in [2.05, 4.69) is 15.9 Å². The lowest BCUT2D eigenvalue weighted by Gasteiger charge is -2.07. The zero-order valence-corrected chi connectivity index (χ0v) is 11.8. The Labute approximate surface area is 111 Å². The number of ether oxygens (including phenoxy) is 1. The van der Waals surface area contributed by atoms with Crippen molar-refractivity contribution in [2.45, 2.75) is 17.9 Å². The van der Waals surface area contributed by atoms with Crippen molar-refractivity contribution in [1.82, 2.24) is 0 Å². The Kier molecular flexibility index (Phi) is 5.62. The highest BCUT2D eigenvalue weighted by Gasteiger charge is 2.09. The molecular formula is C11H13BrN2O2S. The number of nitriles is 1. The van der Waals surface area contributed by atoms with Gasteiger partial charge >= 0.3 is 0 Å². The average Bonchev–Trinajstić information content (AvgIpc) is 2.28. The summed E-state index contributed by atoms with van der Waals surface area (Å²) in [7, 11) is -1.20. The molecule has 0 fully saturated rings. The molecule has 92 valence electrons. The van der Waals surface area contributed by atoms with E-state index in [1.54, 1.807) is 25.1 Å². The van der Waals surface area contributed by atoms with Crippen molar-refractivity contribution >= 4 is 32.4 Å². The minimum absolute atomic E-state index is 0.275. The first-order chi connectivity index (χ1) is 8.04. The van der Waals surface area contributed by atoms with Gasteiger partial charge in [0, 0.05) is 10.2 Å². The van der Waals surface area contributed by atoms with Gasteiger partial charge in [0.25, 0.3) is 0 Å². The Morgan fingerprint density at radius 3 is 2.94 bits per heavy atom. The molecule has 0 bridgehead atoms. The molecule has 1 rings (SSSR count). The second kappa shape index (κ2) is 6.74. The summed E-state index contributed by atoms with van der Waals surface area (Å²) < 4.78 is 17.9. The zero-order valence-electron chi connectivity index (χ0n) is 9.35. The molecule has 6 heteroatoms. The number of hydrogen-bond donors (Lipinski definition) is 1. The number of rotatable bonds is 5. The maximum atomic E-state index is 11.9. The number of hydrogen-bond acceptors (Lipinski definition) is 4. The largest absolute Gasteiger partial charge is 0.398 e. The molecule has 0 radical (unpaired) electrons. The Balaban J connectivity index is 2.56. The van der Waals surface area contributed by atoms with Crippen molar-refractivity contribution in [1.29, 1.82) is 5.26 Å². The fraction of sp³-hybridized carbons (Fsp3) is 0.364. The van der Waals surface area contributed by atoms with Gasteiger partial charge in [-0.3, -0.25) is 4.21 Å². The monoisotopic (exact) mass is 316 g/mol. The Bertz CT molecular complexity index is 459. The molecule has 1 aromatic rings. The van der Waals surface area contributed by atoms with Crippen molar-refractivity contribution in [2.24, 2.45) is 0 Å². The van der Waals surface area contributed by atoms with Gasteiger partial charge in [0.1, 0.15) is 6.10 Å². The van der Waals surface area contributed by atoms with Crippen LogP contribution in [0.15, 0.2) is 27.6 Å². The van der Waals surface area contributed by atoms with E-state index < -0.39 is 16.9 Å². The number of nitrogens with zero attached hydrogens (tertiary/aromatic N) is 1. The molecule has 0 saturated carbocycles. The van der Waals surface area contributed by atoms with Crippen LogP contribution < -0.4 is 5.73 Å². The quantitative estimate of drug-likeness (QED) is 0.844. The normalized spacial score (nSPS) is 13.9. The minimum atomic E-state index is -1.20. The van der Waals surface area contributed by atoms with Crippen molar-refractivity contribution in [3.63, 3.8) is 0 Å². The van der Waals surface area contributed by atoms with Gasteiger partial charge in [-0.2, -0.15) is 5.26 Å². The van der Waals surface area contributed by atoms with Crippen LogP contribution in [0.25, 0.3) is 0 Å². The summed E-state index contributed by atoms with van der Waals surface area (Å²) in [5.74, 6) is 0.331. The number of benzene rings is 1. The summed E-state index contributed by atoms with van der Waals surface area (Å²) in [6.07, 6.45) is -0.478. The standard InChI is InChI=1S/C11H13BrN2O2S/c1-8(7-13)16-4-5-17(15)11-3-2-9(12)6-10(11)14/h2-3,6,8H,4-5,14H2,1H3. The summed E-state index contributed by atoms with van der Waals surface area (Å²) in [5.41, 5.74) is 6.26. The van der Waals surface area contributed by atoms with E-state index >= 15 is 0 Å². The molecule has 0 aliphatic rings. The first-order valence-electron chi connectivity index (χ1n) is 4.99. The van der Waals surface area contributed by atoms with Crippen LogP contribution >= 0.6 is 15.9 Å². The number of nitrogens with two attached hydrogens (primary N) is 1. The van der Waals surface area contributed by atoms with Crippen LogP contribution in [-0.4, -0.2) is 22.7 Å². The van der Waals surface area contributed by atoms with Gasteiger partial charge in [0.05, 0.1) is 34.1 Å². The Morgan fingerprint density at radius 1 is 1.65 bits per heavy atom. The molecule has 0 spiro atoms. The van der Waals surface area contributed by atoms with Gasteiger partial charge in [0.2, 0.25) is 0 Å². The molecule has 17 heavy (non-hydrogen) atoms. The van der Waals surface area contributed by atoms with Gasteiger partial charge in [-0.15, -0.1) is 0 Å². The van der Waals surface area contributed by atoms with Crippen LogP contribution in [0.5, 0.6) is 0 Å².